The second-order valence-electron chi connectivity index (χ2n) is 11.3. The quantitative estimate of drug-likeness (QED) is 0.697. The van der Waals surface area contributed by atoms with Gasteiger partial charge in [-0.3, -0.25) is 9.59 Å². The molecule has 4 heteroatoms. The summed E-state index contributed by atoms with van der Waals surface area (Å²) in [5, 5.41) is 3.31. The number of allylic oxidation sites excluding steroid dienone is 4. The summed E-state index contributed by atoms with van der Waals surface area (Å²) in [5.41, 5.74) is 6.98. The highest BCUT2D eigenvalue weighted by Crippen LogP contribution is 2.61. The monoisotopic (exact) mass is 444 g/mol. The van der Waals surface area contributed by atoms with Gasteiger partial charge in [-0.2, -0.15) is 0 Å². The van der Waals surface area contributed by atoms with Gasteiger partial charge in [0.25, 0.3) is 5.91 Å². The molecule has 4 atom stereocenters. The van der Waals surface area contributed by atoms with Crippen molar-refractivity contribution < 1.29 is 9.59 Å². The van der Waals surface area contributed by atoms with Gasteiger partial charge < -0.3 is 10.2 Å². The number of rotatable bonds is 2. The number of hydrogen-bond donors (Lipinski definition) is 1. The predicted molar refractivity (Wildman–Crippen MR) is 130 cm³/mol. The molecular formula is C29H36N2O2. The van der Waals surface area contributed by atoms with E-state index in [0.717, 1.165) is 44.1 Å². The summed E-state index contributed by atoms with van der Waals surface area (Å²) in [4.78, 5) is 27.6. The van der Waals surface area contributed by atoms with Crippen LogP contribution in [0.15, 0.2) is 47.1 Å². The van der Waals surface area contributed by atoms with E-state index < -0.39 is 0 Å². The Labute approximate surface area is 197 Å². The molecule has 1 heterocycles. The third kappa shape index (κ3) is 3.62. The molecule has 0 spiro atoms. The molecule has 3 fully saturated rings. The Balaban J connectivity index is 1.33. The van der Waals surface area contributed by atoms with Crippen LogP contribution in [0.1, 0.15) is 80.1 Å². The first-order valence-electron chi connectivity index (χ1n) is 13.1. The third-order valence-electron chi connectivity index (χ3n) is 9.53. The van der Waals surface area contributed by atoms with Gasteiger partial charge in [-0.15, -0.1) is 0 Å². The van der Waals surface area contributed by atoms with Gasteiger partial charge in [-0.1, -0.05) is 31.1 Å². The number of carbonyl (C=O) groups excluding carboxylic acids is 2. The van der Waals surface area contributed by atoms with E-state index in [0.29, 0.717) is 17.8 Å². The maximum Gasteiger partial charge on any atom is 0.253 e. The van der Waals surface area contributed by atoms with Crippen LogP contribution in [0, 0.1) is 17.3 Å². The van der Waals surface area contributed by atoms with Crippen molar-refractivity contribution in [1.82, 2.24) is 10.2 Å². The zero-order valence-electron chi connectivity index (χ0n) is 19.9. The van der Waals surface area contributed by atoms with Crippen LogP contribution in [0.2, 0.25) is 0 Å². The Morgan fingerprint density at radius 1 is 1.06 bits per heavy atom. The van der Waals surface area contributed by atoms with Crippen LogP contribution in [-0.4, -0.2) is 42.8 Å². The van der Waals surface area contributed by atoms with Crippen LogP contribution >= 0.6 is 0 Å². The van der Waals surface area contributed by atoms with Crippen LogP contribution in [0.3, 0.4) is 0 Å². The molecule has 174 valence electrons. The molecule has 1 saturated heterocycles. The standard InChI is InChI=1S/C29H36N2O2/c1-29-11-2-3-26(29)23-9-8-21-17-22(32)18-25(27(21)24(23)10-12-29)19-4-6-20(7-5-19)28(33)31-15-13-30-14-16-31/h4-7,17,23,25-26,30H,2-3,8-16,18H2,1H3/t23-,25?,26+,29+/m1/s1. The van der Waals surface area contributed by atoms with Crippen molar-refractivity contribution in [3.05, 3.63) is 58.2 Å². The van der Waals surface area contributed by atoms with Crippen LogP contribution < -0.4 is 5.32 Å². The first kappa shape index (κ1) is 21.3. The summed E-state index contributed by atoms with van der Waals surface area (Å²) < 4.78 is 0. The fourth-order valence-corrected chi connectivity index (χ4v) is 7.81. The summed E-state index contributed by atoms with van der Waals surface area (Å²) in [6.07, 6.45) is 11.5. The molecule has 1 aromatic carbocycles. The lowest BCUT2D eigenvalue weighted by molar-refractivity contribution is -0.115. The molecule has 1 unspecified atom stereocenters. The van der Waals surface area contributed by atoms with Crippen molar-refractivity contribution in [1.29, 1.82) is 0 Å². The van der Waals surface area contributed by atoms with E-state index in [9.17, 15) is 9.59 Å². The van der Waals surface area contributed by atoms with E-state index in [-0.39, 0.29) is 17.6 Å². The van der Waals surface area contributed by atoms with Gasteiger partial charge >= 0.3 is 0 Å². The molecule has 6 rings (SSSR count). The van der Waals surface area contributed by atoms with Gasteiger partial charge in [0.2, 0.25) is 0 Å². The number of carbonyl (C=O) groups is 2. The van der Waals surface area contributed by atoms with Crippen LogP contribution in [0.5, 0.6) is 0 Å². The molecule has 4 aliphatic carbocycles. The molecule has 1 N–H and O–H groups in total. The van der Waals surface area contributed by atoms with E-state index in [2.05, 4.69) is 24.4 Å². The number of nitrogens with zero attached hydrogens (tertiary/aromatic N) is 1. The lowest BCUT2D eigenvalue weighted by Gasteiger charge is -2.48. The molecule has 5 aliphatic rings. The molecule has 1 amide bonds. The van der Waals surface area contributed by atoms with E-state index in [4.69, 9.17) is 0 Å². The van der Waals surface area contributed by atoms with Gasteiger partial charge in [0.05, 0.1) is 0 Å². The van der Waals surface area contributed by atoms with Gasteiger partial charge in [0.15, 0.2) is 5.78 Å². The SMILES string of the molecule is C[C@@]12CCC[C@H]1[C@@H]1CCC3=CC(=O)CC(c4ccc(C(=O)N5CCNCC5)cc4)C3=C1CC2. The largest absolute Gasteiger partial charge is 0.336 e. The minimum absolute atomic E-state index is 0.121. The first-order valence-corrected chi connectivity index (χ1v) is 13.1. The highest BCUT2D eigenvalue weighted by molar-refractivity contribution is 5.95. The molecule has 0 aromatic heterocycles. The molecule has 0 bridgehead atoms. The summed E-state index contributed by atoms with van der Waals surface area (Å²) in [6.45, 7) is 5.79. The van der Waals surface area contributed by atoms with Crippen LogP contribution in [-0.2, 0) is 4.79 Å². The normalized spacial score (nSPS) is 33.8. The van der Waals surface area contributed by atoms with Crippen LogP contribution in [0.4, 0.5) is 0 Å². The number of benzene rings is 1. The van der Waals surface area contributed by atoms with Gasteiger partial charge in [-0.05, 0) is 90.7 Å². The number of ketones is 1. The number of hydrogen-bond acceptors (Lipinski definition) is 3. The van der Waals surface area contributed by atoms with Crippen molar-refractivity contribution in [3.8, 4) is 0 Å². The number of fused-ring (bicyclic) bond motifs is 4. The van der Waals surface area contributed by atoms with Gasteiger partial charge in [-0.25, -0.2) is 0 Å². The van der Waals surface area contributed by atoms with Crippen molar-refractivity contribution in [2.75, 3.05) is 26.2 Å². The van der Waals surface area contributed by atoms with Gasteiger partial charge in [0.1, 0.15) is 0 Å². The Hall–Kier alpha value is -2.20. The van der Waals surface area contributed by atoms with E-state index in [1.54, 1.807) is 5.57 Å². The molecule has 33 heavy (non-hydrogen) atoms. The zero-order chi connectivity index (χ0) is 22.6. The molecule has 0 radical (unpaired) electrons. The predicted octanol–water partition coefficient (Wildman–Crippen LogP) is 5.02. The fraction of sp³-hybridized carbons (Fsp3) is 0.586. The average molecular weight is 445 g/mol. The maximum atomic E-state index is 12.9. The Morgan fingerprint density at radius 2 is 1.85 bits per heavy atom. The Kier molecular flexibility index (Phi) is 5.32. The molecular weight excluding hydrogens is 408 g/mol. The zero-order valence-corrected chi connectivity index (χ0v) is 19.9. The summed E-state index contributed by atoms with van der Waals surface area (Å²) in [7, 11) is 0. The first-order chi connectivity index (χ1) is 16.0. The van der Waals surface area contributed by atoms with Crippen molar-refractivity contribution in [2.45, 2.75) is 64.2 Å². The molecule has 2 saturated carbocycles. The second-order valence-corrected chi connectivity index (χ2v) is 11.3. The lowest BCUT2D eigenvalue weighted by atomic mass is 9.56. The molecule has 1 aliphatic heterocycles. The lowest BCUT2D eigenvalue weighted by Crippen LogP contribution is -2.46. The van der Waals surface area contributed by atoms with Crippen molar-refractivity contribution in [3.63, 3.8) is 0 Å². The molecule has 4 nitrogen and oxygen atoms in total. The third-order valence-corrected chi connectivity index (χ3v) is 9.53. The fourth-order valence-electron chi connectivity index (χ4n) is 7.81. The van der Waals surface area contributed by atoms with E-state index >= 15 is 0 Å². The van der Waals surface area contributed by atoms with Crippen LogP contribution in [0.25, 0.3) is 0 Å². The minimum Gasteiger partial charge on any atom is -0.336 e. The number of nitrogens with one attached hydrogen (secondary N) is 1. The summed E-state index contributed by atoms with van der Waals surface area (Å²) in [6, 6.07) is 8.22. The summed E-state index contributed by atoms with van der Waals surface area (Å²) in [5.74, 6) is 2.08. The molecule has 1 aromatic rings. The smallest absolute Gasteiger partial charge is 0.253 e. The minimum atomic E-state index is 0.121. The van der Waals surface area contributed by atoms with Gasteiger partial charge in [0, 0.05) is 44.1 Å². The van der Waals surface area contributed by atoms with Crippen molar-refractivity contribution in [2.24, 2.45) is 17.3 Å². The Morgan fingerprint density at radius 3 is 2.64 bits per heavy atom. The maximum absolute atomic E-state index is 12.9. The van der Waals surface area contributed by atoms with E-state index in [1.165, 1.54) is 55.2 Å². The second kappa shape index (κ2) is 8.23. The number of piperazine rings is 1. The van der Waals surface area contributed by atoms with Crippen molar-refractivity contribution >= 4 is 11.7 Å². The van der Waals surface area contributed by atoms with E-state index in [1.807, 2.05) is 23.1 Å². The highest BCUT2D eigenvalue weighted by atomic mass is 16.2. The Bertz CT molecular complexity index is 1030. The highest BCUT2D eigenvalue weighted by Gasteiger charge is 2.49. The summed E-state index contributed by atoms with van der Waals surface area (Å²) >= 11 is 0. The topological polar surface area (TPSA) is 49.4 Å². The average Bonchev–Trinajstić information content (AvgIpc) is 3.25. The number of amides is 1.